The van der Waals surface area contributed by atoms with Crippen LogP contribution in [0.15, 0.2) is 24.3 Å². The maximum atomic E-state index is 13.6. The Morgan fingerprint density at radius 1 is 1.15 bits per heavy atom. The molecule has 0 aromatic heterocycles. The quantitative estimate of drug-likeness (QED) is 0.784. The number of carbonyl (C=O) groups is 1. The fourth-order valence-corrected chi connectivity index (χ4v) is 6.81. The lowest BCUT2D eigenvalue weighted by Gasteiger charge is -2.55. The summed E-state index contributed by atoms with van der Waals surface area (Å²) in [4.78, 5) is 13.6. The van der Waals surface area contributed by atoms with E-state index in [1.165, 1.54) is 24.8 Å². The summed E-state index contributed by atoms with van der Waals surface area (Å²) in [7, 11) is 0. The van der Waals surface area contributed by atoms with E-state index >= 15 is 0 Å². The third-order valence-corrected chi connectivity index (χ3v) is 7.47. The summed E-state index contributed by atoms with van der Waals surface area (Å²) in [6, 6.07) is 8.12. The van der Waals surface area contributed by atoms with Crippen molar-refractivity contribution < 1.29 is 4.79 Å². The summed E-state index contributed by atoms with van der Waals surface area (Å²) in [5.41, 5.74) is 3.63. The van der Waals surface area contributed by atoms with E-state index in [2.05, 4.69) is 31.3 Å². The molecule has 0 atom stereocenters. The number of carbonyl (C=O) groups excluding carboxylic acids is 1. The Labute approximate surface area is 161 Å². The van der Waals surface area contributed by atoms with Gasteiger partial charge in [-0.15, -0.1) is 0 Å². The van der Waals surface area contributed by atoms with E-state index in [1.54, 1.807) is 0 Å². The van der Waals surface area contributed by atoms with Gasteiger partial charge in [0.1, 0.15) is 0 Å². The molecule has 3 heteroatoms. The molecule has 1 heterocycles. The molecule has 0 unspecified atom stereocenters. The number of nitrogens with one attached hydrogen (secondary N) is 1. The number of hydrogen-bond donors (Lipinski definition) is 1. The summed E-state index contributed by atoms with van der Waals surface area (Å²) in [6.07, 6.45) is 10.1. The molecule has 4 aliphatic carbocycles. The van der Waals surface area contributed by atoms with Gasteiger partial charge in [-0.1, -0.05) is 6.07 Å². The Bertz CT molecular complexity index is 851. The molecule has 1 aromatic rings. The molecule has 27 heavy (non-hydrogen) atoms. The lowest BCUT2D eigenvalue weighted by atomic mass is 9.48. The topological polar surface area (TPSA) is 52.9 Å². The first-order valence-corrected chi connectivity index (χ1v) is 10.4. The molecule has 3 nitrogen and oxygen atoms in total. The molecule has 0 saturated heterocycles. The number of allylic oxidation sites excluding steroid dienone is 1. The average Bonchev–Trinajstić information content (AvgIpc) is 2.59. The molecule has 1 aromatic carbocycles. The SMILES string of the molecule is CC1(C)Cc2ccc(C#N)cc2C(=CC(=O)C23CC4CC(CC(C4)C2)C3)N1. The zero-order valence-electron chi connectivity index (χ0n) is 16.3. The molecule has 5 aliphatic rings. The number of nitriles is 1. The normalized spacial score (nSPS) is 36.8. The highest BCUT2D eigenvalue weighted by atomic mass is 16.1. The number of nitrogens with zero attached hydrogens (tertiary/aromatic N) is 1. The van der Waals surface area contributed by atoms with Gasteiger partial charge >= 0.3 is 0 Å². The molecule has 4 fully saturated rings. The lowest BCUT2D eigenvalue weighted by molar-refractivity contribution is -0.138. The molecule has 6 rings (SSSR count). The molecule has 0 spiro atoms. The number of fused-ring (bicyclic) bond motifs is 1. The van der Waals surface area contributed by atoms with Crippen LogP contribution in [0.25, 0.3) is 5.70 Å². The van der Waals surface area contributed by atoms with Gasteiger partial charge in [0.15, 0.2) is 5.78 Å². The molecule has 4 saturated carbocycles. The Hall–Kier alpha value is -2.08. The van der Waals surface area contributed by atoms with E-state index in [1.807, 2.05) is 18.2 Å². The smallest absolute Gasteiger partial charge is 0.163 e. The van der Waals surface area contributed by atoms with Crippen molar-refractivity contribution in [1.82, 2.24) is 5.32 Å². The van der Waals surface area contributed by atoms with Gasteiger partial charge in [0.2, 0.25) is 0 Å². The fraction of sp³-hybridized carbons (Fsp3) is 0.583. The van der Waals surface area contributed by atoms with Crippen molar-refractivity contribution in [2.24, 2.45) is 23.2 Å². The van der Waals surface area contributed by atoms with Crippen LogP contribution < -0.4 is 5.32 Å². The second-order valence-corrected chi connectivity index (χ2v) is 10.3. The van der Waals surface area contributed by atoms with Crippen molar-refractivity contribution in [3.05, 3.63) is 41.0 Å². The summed E-state index contributed by atoms with van der Waals surface area (Å²) >= 11 is 0. The van der Waals surface area contributed by atoms with E-state index < -0.39 is 0 Å². The van der Waals surface area contributed by atoms with Gasteiger partial charge < -0.3 is 5.32 Å². The number of rotatable bonds is 2. The maximum Gasteiger partial charge on any atom is 0.163 e. The molecule has 0 radical (unpaired) electrons. The monoisotopic (exact) mass is 360 g/mol. The minimum Gasteiger partial charge on any atom is -0.379 e. The Morgan fingerprint density at radius 2 is 1.78 bits per heavy atom. The predicted octanol–water partition coefficient (Wildman–Crippen LogP) is 4.61. The van der Waals surface area contributed by atoms with Crippen LogP contribution in [0.1, 0.15) is 69.1 Å². The van der Waals surface area contributed by atoms with E-state index in [0.717, 1.165) is 54.7 Å². The van der Waals surface area contributed by atoms with Gasteiger partial charge in [0, 0.05) is 28.3 Å². The van der Waals surface area contributed by atoms with Crippen LogP contribution in [0.4, 0.5) is 0 Å². The molecule has 0 amide bonds. The van der Waals surface area contributed by atoms with Gasteiger partial charge in [-0.3, -0.25) is 4.79 Å². The predicted molar refractivity (Wildman–Crippen MR) is 106 cm³/mol. The maximum absolute atomic E-state index is 13.6. The largest absolute Gasteiger partial charge is 0.379 e. The highest BCUT2D eigenvalue weighted by molar-refractivity contribution is 6.01. The van der Waals surface area contributed by atoms with Crippen molar-refractivity contribution in [2.45, 2.75) is 64.3 Å². The highest BCUT2D eigenvalue weighted by Gasteiger charge is 2.54. The summed E-state index contributed by atoms with van der Waals surface area (Å²) in [6.45, 7) is 4.36. The minimum absolute atomic E-state index is 0.0885. The molecule has 4 bridgehead atoms. The first-order valence-electron chi connectivity index (χ1n) is 10.4. The van der Waals surface area contributed by atoms with Crippen LogP contribution in [0.5, 0.6) is 0 Å². The Morgan fingerprint density at radius 3 is 2.37 bits per heavy atom. The van der Waals surface area contributed by atoms with E-state index in [4.69, 9.17) is 0 Å². The van der Waals surface area contributed by atoms with E-state index in [0.29, 0.717) is 11.3 Å². The van der Waals surface area contributed by atoms with Crippen molar-refractivity contribution in [3.8, 4) is 6.07 Å². The Balaban J connectivity index is 1.53. The summed E-state index contributed by atoms with van der Waals surface area (Å²) in [5, 5.41) is 12.9. The third kappa shape index (κ3) is 2.81. The van der Waals surface area contributed by atoms with Crippen LogP contribution in [0, 0.1) is 34.5 Å². The van der Waals surface area contributed by atoms with Gasteiger partial charge in [-0.25, -0.2) is 0 Å². The van der Waals surface area contributed by atoms with Crippen molar-refractivity contribution >= 4 is 11.5 Å². The van der Waals surface area contributed by atoms with Crippen LogP contribution >= 0.6 is 0 Å². The standard InChI is InChI=1S/C24H28N2O/c1-23(2)13-19-4-3-15(14-25)8-20(19)21(26-23)9-22(27)24-10-16-5-17(11-24)7-18(6-16)12-24/h3-4,8-9,16-18,26H,5-7,10-13H2,1-2H3. The van der Waals surface area contributed by atoms with Gasteiger partial charge in [0.05, 0.1) is 11.6 Å². The van der Waals surface area contributed by atoms with E-state index in [-0.39, 0.29) is 11.0 Å². The third-order valence-electron chi connectivity index (χ3n) is 7.47. The first kappa shape index (κ1) is 17.0. The zero-order valence-corrected chi connectivity index (χ0v) is 16.3. The van der Waals surface area contributed by atoms with Gasteiger partial charge in [-0.05, 0) is 94.2 Å². The van der Waals surface area contributed by atoms with Crippen molar-refractivity contribution in [2.75, 3.05) is 0 Å². The fourth-order valence-electron chi connectivity index (χ4n) is 6.81. The molecular weight excluding hydrogens is 332 g/mol. The van der Waals surface area contributed by atoms with E-state index in [9.17, 15) is 10.1 Å². The highest BCUT2D eigenvalue weighted by Crippen LogP contribution is 2.60. The van der Waals surface area contributed by atoms with Gasteiger partial charge in [0.25, 0.3) is 0 Å². The average molecular weight is 361 g/mol. The second-order valence-electron chi connectivity index (χ2n) is 10.3. The summed E-state index contributed by atoms with van der Waals surface area (Å²) < 4.78 is 0. The second kappa shape index (κ2) is 5.71. The Kier molecular flexibility index (Phi) is 3.60. The lowest BCUT2D eigenvalue weighted by Crippen LogP contribution is -2.50. The zero-order chi connectivity index (χ0) is 18.8. The molecule has 1 aliphatic heterocycles. The van der Waals surface area contributed by atoms with Crippen molar-refractivity contribution in [3.63, 3.8) is 0 Å². The number of hydrogen-bond acceptors (Lipinski definition) is 3. The molecular formula is C24H28N2O. The summed E-state index contributed by atoms with van der Waals surface area (Å²) in [5.74, 6) is 2.64. The van der Waals surface area contributed by atoms with Crippen LogP contribution in [0.2, 0.25) is 0 Å². The number of ketones is 1. The van der Waals surface area contributed by atoms with Crippen molar-refractivity contribution in [1.29, 1.82) is 5.26 Å². The molecule has 1 N–H and O–H groups in total. The van der Waals surface area contributed by atoms with Crippen LogP contribution in [0.3, 0.4) is 0 Å². The minimum atomic E-state index is -0.113. The van der Waals surface area contributed by atoms with Crippen LogP contribution in [-0.4, -0.2) is 11.3 Å². The number of benzene rings is 1. The first-order chi connectivity index (χ1) is 12.9. The van der Waals surface area contributed by atoms with Gasteiger partial charge in [-0.2, -0.15) is 5.26 Å². The molecule has 140 valence electrons. The van der Waals surface area contributed by atoms with Crippen LogP contribution in [-0.2, 0) is 11.2 Å².